The van der Waals surface area contributed by atoms with Crippen LogP contribution in [0, 0.1) is 12.3 Å². The second kappa shape index (κ2) is 5.37. The highest BCUT2D eigenvalue weighted by atomic mass is 32.1. The van der Waals surface area contributed by atoms with E-state index in [9.17, 15) is 0 Å². The van der Waals surface area contributed by atoms with Crippen LogP contribution in [0.3, 0.4) is 0 Å². The summed E-state index contributed by atoms with van der Waals surface area (Å²) in [5, 5.41) is 0. The fourth-order valence-corrected chi connectivity index (χ4v) is 3.42. The maximum Gasteiger partial charge on any atom is 0.0369 e. The molecule has 104 valence electrons. The zero-order valence-electron chi connectivity index (χ0n) is 11.8. The molecule has 1 saturated heterocycles. The van der Waals surface area contributed by atoms with Crippen molar-refractivity contribution in [1.29, 1.82) is 0 Å². The second-order valence-electron chi connectivity index (χ2n) is 6.26. The van der Waals surface area contributed by atoms with Crippen molar-refractivity contribution in [3.8, 4) is 0 Å². The van der Waals surface area contributed by atoms with E-state index < -0.39 is 0 Å². The number of nitrogens with zero attached hydrogens (tertiary/aromatic N) is 2. The molecule has 0 aromatic heterocycles. The number of aryl methyl sites for hydroxylation is 1. The van der Waals surface area contributed by atoms with E-state index in [0.29, 0.717) is 5.41 Å². The van der Waals surface area contributed by atoms with Crippen LogP contribution < -0.4 is 4.90 Å². The molecule has 3 rings (SSSR count). The summed E-state index contributed by atoms with van der Waals surface area (Å²) in [5.41, 5.74) is 3.30. The molecule has 2 fully saturated rings. The molecular formula is C16H24N2S. The first-order valence-electron chi connectivity index (χ1n) is 7.36. The number of thiol groups is 1. The molecule has 1 aliphatic carbocycles. The van der Waals surface area contributed by atoms with E-state index in [2.05, 4.69) is 53.6 Å². The van der Waals surface area contributed by atoms with Crippen LogP contribution in [0.1, 0.15) is 18.4 Å². The largest absolute Gasteiger partial charge is 0.369 e. The summed E-state index contributed by atoms with van der Waals surface area (Å²) >= 11 is 4.51. The van der Waals surface area contributed by atoms with Crippen LogP contribution >= 0.6 is 12.6 Å². The molecule has 0 N–H and O–H groups in total. The summed E-state index contributed by atoms with van der Waals surface area (Å²) in [4.78, 5) is 5.15. The van der Waals surface area contributed by atoms with Gasteiger partial charge in [-0.25, -0.2) is 0 Å². The van der Waals surface area contributed by atoms with Crippen LogP contribution in [-0.4, -0.2) is 43.4 Å². The van der Waals surface area contributed by atoms with Gasteiger partial charge >= 0.3 is 0 Å². The Morgan fingerprint density at radius 1 is 1.16 bits per heavy atom. The number of hydrogen-bond donors (Lipinski definition) is 1. The van der Waals surface area contributed by atoms with E-state index in [1.807, 2.05) is 0 Å². The summed E-state index contributed by atoms with van der Waals surface area (Å²) in [5.74, 6) is 1.06. The Labute approximate surface area is 122 Å². The van der Waals surface area contributed by atoms with Crippen LogP contribution in [-0.2, 0) is 0 Å². The second-order valence-corrected chi connectivity index (χ2v) is 6.58. The molecule has 0 spiro atoms. The van der Waals surface area contributed by atoms with Gasteiger partial charge in [0.1, 0.15) is 0 Å². The van der Waals surface area contributed by atoms with Gasteiger partial charge in [0.2, 0.25) is 0 Å². The number of hydrogen-bond acceptors (Lipinski definition) is 3. The Bertz CT molecular complexity index is 434. The molecule has 1 saturated carbocycles. The summed E-state index contributed by atoms with van der Waals surface area (Å²) < 4.78 is 0. The fourth-order valence-electron chi connectivity index (χ4n) is 3.01. The highest BCUT2D eigenvalue weighted by Gasteiger charge is 2.42. The third-order valence-electron chi connectivity index (χ3n) is 4.59. The SMILES string of the molecule is Cc1cccc(N2CCN(CC3(CS)CC3)CC2)c1. The van der Waals surface area contributed by atoms with Crippen LogP contribution in [0.5, 0.6) is 0 Å². The average molecular weight is 276 g/mol. The molecule has 19 heavy (non-hydrogen) atoms. The quantitative estimate of drug-likeness (QED) is 0.845. The van der Waals surface area contributed by atoms with Crippen molar-refractivity contribution in [2.24, 2.45) is 5.41 Å². The molecule has 2 nitrogen and oxygen atoms in total. The van der Waals surface area contributed by atoms with Crippen molar-refractivity contribution < 1.29 is 0 Å². The Hall–Kier alpha value is -0.670. The van der Waals surface area contributed by atoms with Crippen molar-refractivity contribution in [3.63, 3.8) is 0 Å². The molecule has 0 bridgehead atoms. The lowest BCUT2D eigenvalue weighted by molar-refractivity contribution is 0.218. The highest BCUT2D eigenvalue weighted by molar-refractivity contribution is 7.80. The average Bonchev–Trinajstić information content (AvgIpc) is 3.20. The van der Waals surface area contributed by atoms with E-state index in [1.165, 1.54) is 43.7 Å². The topological polar surface area (TPSA) is 6.48 Å². The normalized spacial score (nSPS) is 22.5. The lowest BCUT2D eigenvalue weighted by Gasteiger charge is -2.37. The van der Waals surface area contributed by atoms with Gasteiger partial charge in [0, 0.05) is 38.4 Å². The van der Waals surface area contributed by atoms with Crippen molar-refractivity contribution in [1.82, 2.24) is 4.90 Å². The van der Waals surface area contributed by atoms with Gasteiger partial charge in [-0.3, -0.25) is 4.90 Å². The lowest BCUT2D eigenvalue weighted by atomic mass is 10.1. The predicted octanol–water partition coefficient (Wildman–Crippen LogP) is 2.83. The van der Waals surface area contributed by atoms with E-state index in [0.717, 1.165) is 18.8 Å². The fraction of sp³-hybridized carbons (Fsp3) is 0.625. The van der Waals surface area contributed by atoms with Gasteiger partial charge in [-0.05, 0) is 48.6 Å². The molecule has 0 atom stereocenters. The Kier molecular flexibility index (Phi) is 3.77. The minimum atomic E-state index is 0.564. The van der Waals surface area contributed by atoms with Crippen LogP contribution in [0.4, 0.5) is 5.69 Å². The first kappa shape index (κ1) is 13.3. The molecular weight excluding hydrogens is 252 g/mol. The first-order chi connectivity index (χ1) is 9.21. The van der Waals surface area contributed by atoms with E-state index in [-0.39, 0.29) is 0 Å². The zero-order chi connectivity index (χ0) is 13.3. The standard InChI is InChI=1S/C16H24N2S/c1-14-3-2-4-15(11-14)18-9-7-17(8-10-18)12-16(13-19)5-6-16/h2-4,11,19H,5-10,12-13H2,1H3. The third kappa shape index (κ3) is 3.09. The molecule has 1 aromatic carbocycles. The monoisotopic (exact) mass is 276 g/mol. The van der Waals surface area contributed by atoms with Crippen LogP contribution in [0.15, 0.2) is 24.3 Å². The number of piperazine rings is 1. The Morgan fingerprint density at radius 3 is 2.47 bits per heavy atom. The van der Waals surface area contributed by atoms with Crippen molar-refractivity contribution in [2.75, 3.05) is 43.4 Å². The molecule has 0 unspecified atom stereocenters. The van der Waals surface area contributed by atoms with E-state index >= 15 is 0 Å². The Balaban J connectivity index is 1.55. The number of rotatable bonds is 4. The molecule has 1 aromatic rings. The molecule has 1 heterocycles. The molecule has 3 heteroatoms. The van der Waals surface area contributed by atoms with Gasteiger partial charge in [-0.15, -0.1) is 0 Å². The summed E-state index contributed by atoms with van der Waals surface area (Å²) in [6.07, 6.45) is 2.77. The Morgan fingerprint density at radius 2 is 1.89 bits per heavy atom. The van der Waals surface area contributed by atoms with Gasteiger partial charge in [0.15, 0.2) is 0 Å². The highest BCUT2D eigenvalue weighted by Crippen LogP contribution is 2.47. The predicted molar refractivity (Wildman–Crippen MR) is 85.4 cm³/mol. The minimum absolute atomic E-state index is 0.564. The van der Waals surface area contributed by atoms with Crippen molar-refractivity contribution >= 4 is 18.3 Å². The maximum absolute atomic E-state index is 4.51. The molecule has 1 aliphatic heterocycles. The third-order valence-corrected chi connectivity index (χ3v) is 5.26. The van der Waals surface area contributed by atoms with E-state index in [1.54, 1.807) is 0 Å². The van der Waals surface area contributed by atoms with Gasteiger partial charge in [0.05, 0.1) is 0 Å². The number of benzene rings is 1. The van der Waals surface area contributed by atoms with Gasteiger partial charge < -0.3 is 4.90 Å². The lowest BCUT2D eigenvalue weighted by Crippen LogP contribution is -2.48. The van der Waals surface area contributed by atoms with E-state index in [4.69, 9.17) is 0 Å². The smallest absolute Gasteiger partial charge is 0.0369 e. The minimum Gasteiger partial charge on any atom is -0.369 e. The van der Waals surface area contributed by atoms with Crippen molar-refractivity contribution in [3.05, 3.63) is 29.8 Å². The molecule has 0 radical (unpaired) electrons. The van der Waals surface area contributed by atoms with Gasteiger partial charge in [-0.2, -0.15) is 12.6 Å². The zero-order valence-corrected chi connectivity index (χ0v) is 12.7. The van der Waals surface area contributed by atoms with Gasteiger partial charge in [-0.1, -0.05) is 12.1 Å². The van der Waals surface area contributed by atoms with Crippen LogP contribution in [0.2, 0.25) is 0 Å². The van der Waals surface area contributed by atoms with Gasteiger partial charge in [0.25, 0.3) is 0 Å². The first-order valence-corrected chi connectivity index (χ1v) is 7.99. The van der Waals surface area contributed by atoms with Crippen LogP contribution in [0.25, 0.3) is 0 Å². The molecule has 2 aliphatic rings. The summed E-state index contributed by atoms with van der Waals surface area (Å²) in [6.45, 7) is 8.15. The molecule has 0 amide bonds. The summed E-state index contributed by atoms with van der Waals surface area (Å²) in [6, 6.07) is 8.87. The summed E-state index contributed by atoms with van der Waals surface area (Å²) in [7, 11) is 0. The number of anilines is 1. The van der Waals surface area contributed by atoms with Crippen molar-refractivity contribution in [2.45, 2.75) is 19.8 Å². The maximum atomic E-state index is 4.51.